The van der Waals surface area contributed by atoms with Crippen LogP contribution in [0.15, 0.2) is 30.3 Å². The summed E-state index contributed by atoms with van der Waals surface area (Å²) in [6, 6.07) is 9.12. The van der Waals surface area contributed by atoms with Crippen LogP contribution in [0.3, 0.4) is 0 Å². The summed E-state index contributed by atoms with van der Waals surface area (Å²) >= 11 is 0. The van der Waals surface area contributed by atoms with Crippen LogP contribution in [0.4, 0.5) is 4.79 Å². The molecule has 0 aliphatic carbocycles. The Labute approximate surface area is 149 Å². The molecule has 0 fully saturated rings. The Kier molecular flexibility index (Phi) is 8.41. The Bertz CT molecular complexity index is 538. The number of aliphatic hydroxyl groups is 1. The van der Waals surface area contributed by atoms with Gasteiger partial charge in [-0.15, -0.1) is 0 Å². The van der Waals surface area contributed by atoms with E-state index in [1.807, 2.05) is 30.3 Å². The van der Waals surface area contributed by atoms with Gasteiger partial charge in [0, 0.05) is 0 Å². The van der Waals surface area contributed by atoms with Crippen molar-refractivity contribution in [3.05, 3.63) is 35.9 Å². The third kappa shape index (κ3) is 8.54. The highest BCUT2D eigenvalue weighted by Gasteiger charge is 2.30. The smallest absolute Gasteiger partial charge is 0.407 e. The normalized spacial score (nSPS) is 13.6. The van der Waals surface area contributed by atoms with Crippen molar-refractivity contribution in [1.82, 2.24) is 5.32 Å². The minimum atomic E-state index is -1.43. The van der Waals surface area contributed by atoms with Gasteiger partial charge in [-0.2, -0.15) is 0 Å². The average molecular weight is 351 g/mol. The van der Waals surface area contributed by atoms with E-state index < -0.39 is 29.8 Å². The summed E-state index contributed by atoms with van der Waals surface area (Å²) < 4.78 is 10.1. The van der Waals surface area contributed by atoms with E-state index in [-0.39, 0.29) is 6.61 Å². The van der Waals surface area contributed by atoms with Crippen LogP contribution < -0.4 is 5.32 Å². The number of carbonyl (C=O) groups excluding carboxylic acids is 2. The highest BCUT2D eigenvalue weighted by atomic mass is 16.6. The Hall–Kier alpha value is -2.08. The molecule has 25 heavy (non-hydrogen) atoms. The molecule has 1 aromatic carbocycles. The molecule has 2 atom stereocenters. The molecule has 0 aromatic heterocycles. The summed E-state index contributed by atoms with van der Waals surface area (Å²) in [5, 5.41) is 12.8. The maximum atomic E-state index is 12.0. The van der Waals surface area contributed by atoms with Crippen molar-refractivity contribution in [2.24, 2.45) is 0 Å². The number of aliphatic hydroxyl groups excluding tert-OH is 1. The Morgan fingerprint density at radius 2 is 1.84 bits per heavy atom. The van der Waals surface area contributed by atoms with E-state index in [4.69, 9.17) is 9.47 Å². The molecule has 0 aliphatic rings. The van der Waals surface area contributed by atoms with Gasteiger partial charge >= 0.3 is 12.1 Å². The fraction of sp³-hybridized carbons (Fsp3) is 0.579. The monoisotopic (exact) mass is 351 g/mol. The molecule has 1 amide bonds. The fourth-order valence-electron chi connectivity index (χ4n) is 2.33. The van der Waals surface area contributed by atoms with Gasteiger partial charge in [-0.1, -0.05) is 30.3 Å². The summed E-state index contributed by atoms with van der Waals surface area (Å²) in [6.07, 6.45) is -0.193. The number of carbonyl (C=O) groups is 2. The largest absolute Gasteiger partial charge is 0.464 e. The number of benzene rings is 1. The van der Waals surface area contributed by atoms with Gasteiger partial charge in [-0.3, -0.25) is 0 Å². The van der Waals surface area contributed by atoms with Gasteiger partial charge in [-0.25, -0.2) is 9.59 Å². The second-order valence-corrected chi connectivity index (χ2v) is 6.83. The zero-order chi connectivity index (χ0) is 18.9. The molecule has 2 N–H and O–H groups in total. The van der Waals surface area contributed by atoms with Crippen LogP contribution in [0.25, 0.3) is 0 Å². The average Bonchev–Trinajstić information content (AvgIpc) is 2.52. The van der Waals surface area contributed by atoms with Crippen molar-refractivity contribution in [2.45, 2.75) is 64.7 Å². The van der Waals surface area contributed by atoms with E-state index in [2.05, 4.69) is 5.32 Å². The second kappa shape index (κ2) is 10.0. The Morgan fingerprint density at radius 1 is 1.20 bits per heavy atom. The predicted octanol–water partition coefficient (Wildman–Crippen LogP) is 2.83. The molecule has 6 nitrogen and oxygen atoms in total. The lowest BCUT2D eigenvalue weighted by molar-refractivity contribution is -0.154. The van der Waals surface area contributed by atoms with Crippen LogP contribution in [0.2, 0.25) is 0 Å². The molecule has 140 valence electrons. The van der Waals surface area contributed by atoms with Gasteiger partial charge < -0.3 is 19.9 Å². The van der Waals surface area contributed by atoms with Gasteiger partial charge in [-0.05, 0) is 52.5 Å². The zero-order valence-corrected chi connectivity index (χ0v) is 15.5. The van der Waals surface area contributed by atoms with Crippen LogP contribution in [0.1, 0.15) is 46.1 Å². The lowest BCUT2D eigenvalue weighted by Crippen LogP contribution is -2.49. The maximum Gasteiger partial charge on any atom is 0.407 e. The molecule has 1 rings (SSSR count). The summed E-state index contributed by atoms with van der Waals surface area (Å²) in [4.78, 5) is 23.8. The first-order chi connectivity index (χ1) is 11.7. The van der Waals surface area contributed by atoms with Crippen molar-refractivity contribution >= 4 is 12.1 Å². The number of amides is 1. The topological polar surface area (TPSA) is 84.9 Å². The van der Waals surface area contributed by atoms with E-state index >= 15 is 0 Å². The highest BCUT2D eigenvalue weighted by Crippen LogP contribution is 2.12. The Balaban J connectivity index is 2.66. The summed E-state index contributed by atoms with van der Waals surface area (Å²) in [5.74, 6) is -0.747. The molecule has 0 radical (unpaired) electrons. The highest BCUT2D eigenvalue weighted by molar-refractivity contribution is 5.77. The maximum absolute atomic E-state index is 12.0. The predicted molar refractivity (Wildman–Crippen MR) is 95.2 cm³/mol. The molecule has 0 saturated carbocycles. The fourth-order valence-corrected chi connectivity index (χ4v) is 2.33. The molecule has 0 saturated heterocycles. The van der Waals surface area contributed by atoms with Gasteiger partial charge in [0.2, 0.25) is 0 Å². The number of alkyl carbamates (subject to hydrolysis) is 1. The third-order valence-electron chi connectivity index (χ3n) is 3.43. The van der Waals surface area contributed by atoms with Crippen LogP contribution in [0, 0.1) is 0 Å². The molecular weight excluding hydrogens is 322 g/mol. The number of hydrogen-bond donors (Lipinski definition) is 2. The number of ether oxygens (including phenoxy) is 2. The molecule has 0 heterocycles. The van der Waals surface area contributed by atoms with Crippen molar-refractivity contribution < 1.29 is 24.2 Å². The van der Waals surface area contributed by atoms with E-state index in [1.54, 1.807) is 27.7 Å². The first-order valence-electron chi connectivity index (χ1n) is 8.61. The number of rotatable bonds is 8. The van der Waals surface area contributed by atoms with Crippen molar-refractivity contribution in [1.29, 1.82) is 0 Å². The van der Waals surface area contributed by atoms with Gasteiger partial charge in [0.25, 0.3) is 0 Å². The quantitative estimate of drug-likeness (QED) is 0.704. The van der Waals surface area contributed by atoms with Crippen LogP contribution in [-0.4, -0.2) is 41.5 Å². The standard InChI is InChI=1S/C19H29NO5/c1-5-24-17(22)16(21)15(20-18(23)25-19(2,3)4)13-9-12-14-10-7-6-8-11-14/h6-8,10-11,15-16,21H,5,9,12-13H2,1-4H3,(H,20,23)/t15-,16+/m1/s1. The number of hydrogen-bond acceptors (Lipinski definition) is 5. The minimum absolute atomic E-state index is 0.166. The molecule has 0 spiro atoms. The van der Waals surface area contributed by atoms with Crippen LogP contribution in [0.5, 0.6) is 0 Å². The second-order valence-electron chi connectivity index (χ2n) is 6.83. The molecular formula is C19H29NO5. The minimum Gasteiger partial charge on any atom is -0.464 e. The first kappa shape index (κ1) is 21.0. The van der Waals surface area contributed by atoms with E-state index in [0.717, 1.165) is 12.0 Å². The van der Waals surface area contributed by atoms with Gasteiger partial charge in [0.1, 0.15) is 5.60 Å². The van der Waals surface area contributed by atoms with Gasteiger partial charge in [0.15, 0.2) is 6.10 Å². The van der Waals surface area contributed by atoms with Crippen molar-refractivity contribution in [2.75, 3.05) is 6.61 Å². The number of esters is 1. The van der Waals surface area contributed by atoms with Crippen LogP contribution >= 0.6 is 0 Å². The molecule has 0 bridgehead atoms. The van der Waals surface area contributed by atoms with Crippen molar-refractivity contribution in [3.63, 3.8) is 0 Å². The van der Waals surface area contributed by atoms with E-state index in [9.17, 15) is 14.7 Å². The SMILES string of the molecule is CCOC(=O)[C@@H](O)[C@@H](CCCc1ccccc1)NC(=O)OC(C)(C)C. The number of nitrogens with one attached hydrogen (secondary N) is 1. The Morgan fingerprint density at radius 3 is 2.40 bits per heavy atom. The number of aryl methyl sites for hydroxylation is 1. The molecule has 0 unspecified atom stereocenters. The lowest BCUT2D eigenvalue weighted by Gasteiger charge is -2.25. The molecule has 6 heteroatoms. The zero-order valence-electron chi connectivity index (χ0n) is 15.5. The van der Waals surface area contributed by atoms with E-state index in [1.165, 1.54) is 0 Å². The van der Waals surface area contributed by atoms with Gasteiger partial charge in [0.05, 0.1) is 12.6 Å². The van der Waals surface area contributed by atoms with E-state index in [0.29, 0.717) is 12.8 Å². The third-order valence-corrected chi connectivity index (χ3v) is 3.43. The molecule has 1 aromatic rings. The summed E-state index contributed by atoms with van der Waals surface area (Å²) in [5.41, 5.74) is 0.497. The first-order valence-corrected chi connectivity index (χ1v) is 8.61. The summed E-state index contributed by atoms with van der Waals surface area (Å²) in [6.45, 7) is 7.08. The summed E-state index contributed by atoms with van der Waals surface area (Å²) in [7, 11) is 0. The molecule has 0 aliphatic heterocycles. The van der Waals surface area contributed by atoms with Crippen molar-refractivity contribution in [3.8, 4) is 0 Å². The lowest BCUT2D eigenvalue weighted by atomic mass is 10.0. The van der Waals surface area contributed by atoms with Crippen LogP contribution in [-0.2, 0) is 20.7 Å².